The van der Waals surface area contributed by atoms with Crippen molar-refractivity contribution < 1.29 is 52.4 Å². The SMILES string of the molecule is CC(C)C(=O)OCOC(=O)Nc1cc2c(=O)[nH]ncc3nn(C4OC(C(C)(C)O[Si]C(C)(C)C)C(OC(=O)C(NC(=O)OCc5ccccc5)C(C)C)C4(C)O)cc1c32. The molecule has 3 heterocycles. The molecule has 0 aliphatic carbocycles. The number of aromatic amines is 1. The van der Waals surface area contributed by atoms with Crippen molar-refractivity contribution in [2.24, 2.45) is 11.8 Å². The Bertz CT molecular complexity index is 2220. The maximum Gasteiger partial charge on any atom is 0.414 e. The lowest BCUT2D eigenvalue weighted by Crippen LogP contribution is -2.56. The molecule has 318 valence electrons. The zero-order chi connectivity index (χ0) is 43.4. The fraction of sp³-hybridized carbons (Fsp3) is 0.525. The van der Waals surface area contributed by atoms with Crippen LogP contribution < -0.4 is 16.2 Å². The summed E-state index contributed by atoms with van der Waals surface area (Å²) in [4.78, 5) is 64.7. The first-order valence-electron chi connectivity index (χ1n) is 19.1. The molecular formula is C40H52N6O12Si. The normalized spacial score (nSPS) is 20.1. The van der Waals surface area contributed by atoms with Crippen LogP contribution in [0, 0.1) is 11.8 Å². The molecule has 1 saturated heterocycles. The van der Waals surface area contributed by atoms with Crippen LogP contribution in [0.3, 0.4) is 0 Å². The van der Waals surface area contributed by atoms with Gasteiger partial charge in [0.25, 0.3) is 5.56 Å². The van der Waals surface area contributed by atoms with Gasteiger partial charge in [-0.3, -0.25) is 14.9 Å². The first-order valence-corrected chi connectivity index (χ1v) is 20.0. The maximum atomic E-state index is 14.1. The molecule has 1 fully saturated rings. The lowest BCUT2D eigenvalue weighted by Gasteiger charge is -2.38. The Kier molecular flexibility index (Phi) is 13.5. The van der Waals surface area contributed by atoms with E-state index in [2.05, 4.69) is 25.9 Å². The number of carbonyl (C=O) groups excluding carboxylic acids is 4. The molecule has 5 unspecified atom stereocenters. The number of esters is 2. The summed E-state index contributed by atoms with van der Waals surface area (Å²) >= 11 is 0. The first kappa shape index (κ1) is 44.7. The van der Waals surface area contributed by atoms with Crippen LogP contribution in [0.25, 0.3) is 21.7 Å². The summed E-state index contributed by atoms with van der Waals surface area (Å²) in [5.74, 6) is -2.32. The summed E-state index contributed by atoms with van der Waals surface area (Å²) < 4.78 is 35.8. The van der Waals surface area contributed by atoms with Gasteiger partial charge < -0.3 is 38.5 Å². The summed E-state index contributed by atoms with van der Waals surface area (Å²) in [6.07, 6.45) is -2.96. The molecular weight excluding hydrogens is 785 g/mol. The zero-order valence-corrected chi connectivity index (χ0v) is 35.8. The van der Waals surface area contributed by atoms with Crippen molar-refractivity contribution in [2.75, 3.05) is 12.1 Å². The average Bonchev–Trinajstić information content (AvgIpc) is 3.59. The molecule has 5 atom stereocenters. The van der Waals surface area contributed by atoms with Crippen LogP contribution in [0.4, 0.5) is 15.3 Å². The Morgan fingerprint density at radius 3 is 2.34 bits per heavy atom. The Labute approximate surface area is 343 Å². The van der Waals surface area contributed by atoms with E-state index in [0.29, 0.717) is 5.39 Å². The van der Waals surface area contributed by atoms with Gasteiger partial charge in [-0.1, -0.05) is 78.8 Å². The number of anilines is 1. The van der Waals surface area contributed by atoms with Crippen LogP contribution in [0.2, 0.25) is 5.04 Å². The summed E-state index contributed by atoms with van der Waals surface area (Å²) in [7, 11) is -0.0283. The number of rotatable bonds is 14. The fourth-order valence-corrected chi connectivity index (χ4v) is 6.93. The third kappa shape index (κ3) is 10.6. The largest absolute Gasteiger partial charge is 0.455 e. The lowest BCUT2D eigenvalue weighted by molar-refractivity contribution is -0.172. The molecule has 2 amide bonds. The van der Waals surface area contributed by atoms with Gasteiger partial charge in [0.05, 0.1) is 28.8 Å². The molecule has 1 aliphatic rings. The van der Waals surface area contributed by atoms with Gasteiger partial charge in [0, 0.05) is 17.0 Å². The van der Waals surface area contributed by atoms with Gasteiger partial charge in [-0.25, -0.2) is 24.2 Å². The summed E-state index contributed by atoms with van der Waals surface area (Å²) in [5.41, 5.74) is -2.74. The number of nitrogens with zero attached hydrogens (tertiary/aromatic N) is 3. The quantitative estimate of drug-likeness (QED) is 0.0559. The minimum Gasteiger partial charge on any atom is -0.455 e. The van der Waals surface area contributed by atoms with Crippen molar-refractivity contribution in [3.8, 4) is 0 Å². The molecule has 0 bridgehead atoms. The molecule has 0 spiro atoms. The summed E-state index contributed by atoms with van der Waals surface area (Å²) in [5, 5.41) is 29.2. The summed E-state index contributed by atoms with van der Waals surface area (Å²) in [6, 6.07) is 9.28. The highest BCUT2D eigenvalue weighted by molar-refractivity contribution is 6.31. The molecule has 1 aliphatic heterocycles. The molecule has 19 heteroatoms. The minimum atomic E-state index is -2.03. The van der Waals surface area contributed by atoms with Crippen molar-refractivity contribution in [2.45, 2.75) is 117 Å². The lowest BCUT2D eigenvalue weighted by atomic mass is 9.88. The number of carbonyl (C=O) groups is 4. The van der Waals surface area contributed by atoms with Crippen molar-refractivity contribution in [1.29, 1.82) is 0 Å². The topological polar surface area (TPSA) is 232 Å². The number of amides is 2. The van der Waals surface area contributed by atoms with Gasteiger partial charge in [-0.15, -0.1) is 0 Å². The van der Waals surface area contributed by atoms with E-state index in [-0.39, 0.29) is 43.4 Å². The molecule has 2 radical (unpaired) electrons. The molecule has 4 aromatic rings. The Balaban J connectivity index is 1.50. The van der Waals surface area contributed by atoms with E-state index in [4.69, 9.17) is 28.1 Å². The second-order valence-corrected chi connectivity index (χ2v) is 18.6. The van der Waals surface area contributed by atoms with Crippen molar-refractivity contribution >= 4 is 61.3 Å². The molecule has 59 heavy (non-hydrogen) atoms. The van der Waals surface area contributed by atoms with E-state index >= 15 is 0 Å². The molecule has 18 nitrogen and oxygen atoms in total. The van der Waals surface area contributed by atoms with Crippen LogP contribution in [0.5, 0.6) is 0 Å². The molecule has 2 aromatic carbocycles. The van der Waals surface area contributed by atoms with E-state index in [9.17, 15) is 29.1 Å². The third-order valence-electron chi connectivity index (χ3n) is 9.38. The van der Waals surface area contributed by atoms with Crippen molar-refractivity contribution in [1.82, 2.24) is 25.3 Å². The van der Waals surface area contributed by atoms with Gasteiger partial charge in [-0.05, 0) is 43.4 Å². The standard InChI is InChI=1S/C40H52N6O12Si/c1-21(2)29(43-37(51)53-19-23-14-12-11-13-15-23)34(49)56-31-30(39(8,9)58-59-38(5,6)7)57-35(40(31,10)52)46-18-25-26(42-36(50)55-20-54-33(48)22(3)4)16-24-28(25)27(45-46)17-41-44-32(24)47/h11-18,21-22,29-31,35,52H,19-20H2,1-10H3,(H,42,50)(H,43,51)(H,44,47). The average molecular weight is 837 g/mol. The monoisotopic (exact) mass is 836 g/mol. The third-order valence-corrected chi connectivity index (χ3v) is 10.6. The van der Waals surface area contributed by atoms with Crippen molar-refractivity contribution in [3.05, 3.63) is 64.7 Å². The van der Waals surface area contributed by atoms with E-state index in [1.165, 1.54) is 30.1 Å². The van der Waals surface area contributed by atoms with Gasteiger partial charge in [-0.2, -0.15) is 10.2 Å². The van der Waals surface area contributed by atoms with E-state index in [1.807, 2.05) is 39.0 Å². The highest BCUT2D eigenvalue weighted by Crippen LogP contribution is 2.46. The maximum absolute atomic E-state index is 14.1. The predicted octanol–water partition coefficient (Wildman–Crippen LogP) is 5.12. The second kappa shape index (κ2) is 17.9. The van der Waals surface area contributed by atoms with E-state index in [0.717, 1.165) is 5.56 Å². The van der Waals surface area contributed by atoms with E-state index in [1.54, 1.807) is 53.7 Å². The number of aromatic nitrogens is 4. The van der Waals surface area contributed by atoms with Crippen molar-refractivity contribution in [3.63, 3.8) is 0 Å². The number of aliphatic hydroxyl groups is 1. The molecule has 5 rings (SSSR count). The fourth-order valence-electron chi connectivity index (χ4n) is 6.24. The summed E-state index contributed by atoms with van der Waals surface area (Å²) in [6.45, 7) is 17.0. The molecule has 4 N–H and O–H groups in total. The number of ether oxygens (including phenoxy) is 5. The smallest absolute Gasteiger partial charge is 0.414 e. The molecule has 2 aromatic heterocycles. The van der Waals surface area contributed by atoms with Crippen LogP contribution in [-0.2, 0) is 44.3 Å². The number of alkyl carbamates (subject to hydrolysis) is 1. The van der Waals surface area contributed by atoms with Crippen LogP contribution in [0.15, 0.2) is 53.6 Å². The number of benzene rings is 1. The molecule has 0 saturated carbocycles. The Morgan fingerprint density at radius 2 is 1.69 bits per heavy atom. The van der Waals surface area contributed by atoms with Crippen LogP contribution in [-0.4, -0.2) is 95.2 Å². The minimum absolute atomic E-state index is 0.0238. The van der Waals surface area contributed by atoms with Gasteiger partial charge in [0.2, 0.25) is 16.6 Å². The predicted molar refractivity (Wildman–Crippen MR) is 215 cm³/mol. The van der Waals surface area contributed by atoms with Gasteiger partial charge >= 0.3 is 24.1 Å². The Morgan fingerprint density at radius 1 is 1.00 bits per heavy atom. The highest BCUT2D eigenvalue weighted by atomic mass is 28.2. The number of hydrogen-bond acceptors (Lipinski definition) is 14. The van der Waals surface area contributed by atoms with E-state index < -0.39 is 84.0 Å². The zero-order valence-electron chi connectivity index (χ0n) is 34.8. The van der Waals surface area contributed by atoms with Crippen LogP contribution in [0.1, 0.15) is 81.0 Å². The van der Waals surface area contributed by atoms with Gasteiger partial charge in [0.15, 0.2) is 12.3 Å². The second-order valence-electron chi connectivity index (χ2n) is 16.7. The number of nitrogens with one attached hydrogen (secondary N) is 3. The highest BCUT2D eigenvalue weighted by Gasteiger charge is 2.61. The number of H-pyrrole nitrogens is 1. The van der Waals surface area contributed by atoms with Crippen LogP contribution >= 0.6 is 0 Å². The number of hydrogen-bond donors (Lipinski definition) is 4. The Hall–Kier alpha value is -5.37. The van der Waals surface area contributed by atoms with Gasteiger partial charge in [0.1, 0.15) is 29.9 Å². The first-order chi connectivity index (χ1) is 27.6.